The minimum Gasteiger partial charge on any atom is -0.454 e. The van der Waals surface area contributed by atoms with Gasteiger partial charge in [-0.1, -0.05) is 13.8 Å². The summed E-state index contributed by atoms with van der Waals surface area (Å²) < 4.78 is 4.75. The number of esters is 1. The van der Waals surface area contributed by atoms with Gasteiger partial charge in [0.25, 0.3) is 11.8 Å². The molecule has 1 fully saturated rings. The fourth-order valence-corrected chi connectivity index (χ4v) is 2.47. The molecule has 0 saturated carbocycles. The second-order valence-corrected chi connectivity index (χ2v) is 6.27. The molecule has 3 N–H and O–H groups in total. The monoisotopic (exact) mass is 370 g/mol. The minimum absolute atomic E-state index is 0.0558. The molecule has 10 heteroatoms. The number of amides is 5. The van der Waals surface area contributed by atoms with E-state index < -0.39 is 42.5 Å². The van der Waals surface area contributed by atoms with Crippen LogP contribution in [-0.4, -0.2) is 65.9 Å². The van der Waals surface area contributed by atoms with Crippen molar-refractivity contribution in [3.63, 3.8) is 0 Å². The molecule has 5 amide bonds. The number of nitrogens with one attached hydrogen (secondary N) is 3. The van der Waals surface area contributed by atoms with Crippen LogP contribution in [0.1, 0.15) is 40.5 Å². The average Bonchev–Trinajstić information content (AvgIpc) is 2.82. The summed E-state index contributed by atoms with van der Waals surface area (Å²) in [5.41, 5.74) is -1.00. The summed E-state index contributed by atoms with van der Waals surface area (Å²) in [5.74, 6) is -2.40. The predicted octanol–water partition coefficient (Wildman–Crippen LogP) is -0.719. The number of hydrogen-bond donors (Lipinski definition) is 3. The molecule has 10 nitrogen and oxygen atoms in total. The number of ether oxygens (including phenoxy) is 1. The second kappa shape index (κ2) is 9.16. The lowest BCUT2D eigenvalue weighted by Gasteiger charge is -2.22. The number of rotatable bonds is 9. The highest BCUT2D eigenvalue weighted by Gasteiger charge is 2.49. The molecule has 0 unspecified atom stereocenters. The maximum absolute atomic E-state index is 12.4. The summed E-state index contributed by atoms with van der Waals surface area (Å²) in [6, 6.07) is -0.717. The van der Waals surface area contributed by atoms with Gasteiger partial charge in [0.1, 0.15) is 12.1 Å². The minimum atomic E-state index is -1.00. The number of carbonyl (C=O) groups excluding carboxylic acids is 5. The van der Waals surface area contributed by atoms with Crippen molar-refractivity contribution >= 4 is 29.7 Å². The first-order chi connectivity index (χ1) is 12.1. The molecule has 1 heterocycles. The summed E-state index contributed by atoms with van der Waals surface area (Å²) >= 11 is 0. The highest BCUT2D eigenvalue weighted by atomic mass is 16.5. The van der Waals surface area contributed by atoms with E-state index in [2.05, 4.69) is 16.0 Å². The maximum Gasteiger partial charge on any atom is 0.326 e. The van der Waals surface area contributed by atoms with Gasteiger partial charge in [-0.25, -0.2) is 4.79 Å². The quantitative estimate of drug-likeness (QED) is 0.362. The van der Waals surface area contributed by atoms with E-state index in [0.29, 0.717) is 12.8 Å². The number of hydrogen-bond acceptors (Lipinski definition) is 6. The van der Waals surface area contributed by atoms with Gasteiger partial charge < -0.3 is 20.7 Å². The molecule has 1 aliphatic rings. The van der Waals surface area contributed by atoms with E-state index in [1.807, 2.05) is 0 Å². The van der Waals surface area contributed by atoms with Gasteiger partial charge in [0.15, 0.2) is 6.61 Å². The molecule has 0 aromatic rings. The predicted molar refractivity (Wildman–Crippen MR) is 90.8 cm³/mol. The standard InChI is InChI=1S/C16H26N4O6/c1-5-16(6-2)14(24)20(15(25)19-16)8-13(23)26-9-12(22)17-7-11(21)18-10(3)4/h10H,5-9H2,1-4H3,(H,17,22)(H,18,21)(H,19,25). The Morgan fingerprint density at radius 1 is 1.15 bits per heavy atom. The van der Waals surface area contributed by atoms with Crippen molar-refractivity contribution < 1.29 is 28.7 Å². The highest BCUT2D eigenvalue weighted by Crippen LogP contribution is 2.24. The zero-order valence-corrected chi connectivity index (χ0v) is 15.5. The lowest BCUT2D eigenvalue weighted by molar-refractivity contribution is -0.151. The van der Waals surface area contributed by atoms with E-state index in [-0.39, 0.29) is 18.5 Å². The first-order valence-electron chi connectivity index (χ1n) is 8.51. The van der Waals surface area contributed by atoms with Gasteiger partial charge in [-0.05, 0) is 26.7 Å². The normalized spacial score (nSPS) is 15.7. The molecule has 0 radical (unpaired) electrons. The van der Waals surface area contributed by atoms with Crippen molar-refractivity contribution in [1.82, 2.24) is 20.9 Å². The lowest BCUT2D eigenvalue weighted by atomic mass is 9.93. The third kappa shape index (κ3) is 5.43. The SMILES string of the molecule is CCC1(CC)NC(=O)N(CC(=O)OCC(=O)NCC(=O)NC(C)C)C1=O. The Kier molecular flexibility index (Phi) is 7.54. The Balaban J connectivity index is 2.43. The summed E-state index contributed by atoms with van der Waals surface area (Å²) in [6.07, 6.45) is 0.806. The highest BCUT2D eigenvalue weighted by molar-refractivity contribution is 6.08. The fourth-order valence-electron chi connectivity index (χ4n) is 2.47. The number of carbonyl (C=O) groups is 5. The first-order valence-corrected chi connectivity index (χ1v) is 8.51. The Morgan fingerprint density at radius 2 is 1.77 bits per heavy atom. The van der Waals surface area contributed by atoms with Crippen molar-refractivity contribution in [3.05, 3.63) is 0 Å². The Morgan fingerprint density at radius 3 is 2.27 bits per heavy atom. The van der Waals surface area contributed by atoms with Crippen LogP contribution in [0.5, 0.6) is 0 Å². The van der Waals surface area contributed by atoms with E-state index in [0.717, 1.165) is 4.90 Å². The van der Waals surface area contributed by atoms with Gasteiger partial charge in [-0.15, -0.1) is 0 Å². The van der Waals surface area contributed by atoms with Crippen molar-refractivity contribution in [2.24, 2.45) is 0 Å². The smallest absolute Gasteiger partial charge is 0.326 e. The van der Waals surface area contributed by atoms with Crippen LogP contribution in [0.25, 0.3) is 0 Å². The summed E-state index contributed by atoms with van der Waals surface area (Å²) in [4.78, 5) is 59.8. The van der Waals surface area contributed by atoms with E-state index in [9.17, 15) is 24.0 Å². The molecular formula is C16H26N4O6. The van der Waals surface area contributed by atoms with Crippen LogP contribution in [0.15, 0.2) is 0 Å². The van der Waals surface area contributed by atoms with Crippen molar-refractivity contribution in [3.8, 4) is 0 Å². The van der Waals surface area contributed by atoms with Gasteiger partial charge in [0.05, 0.1) is 6.54 Å². The van der Waals surface area contributed by atoms with Crippen LogP contribution in [0.2, 0.25) is 0 Å². The summed E-state index contributed by atoms with van der Waals surface area (Å²) in [7, 11) is 0. The Bertz CT molecular complexity index is 585. The van der Waals surface area contributed by atoms with Crippen LogP contribution in [-0.2, 0) is 23.9 Å². The van der Waals surface area contributed by atoms with Crippen molar-refractivity contribution in [2.45, 2.75) is 52.1 Å². The van der Waals surface area contributed by atoms with Gasteiger partial charge in [0.2, 0.25) is 5.91 Å². The Hall–Kier alpha value is -2.65. The van der Waals surface area contributed by atoms with E-state index in [1.165, 1.54) is 0 Å². The molecule has 0 aliphatic carbocycles. The van der Waals surface area contributed by atoms with Gasteiger partial charge in [0, 0.05) is 6.04 Å². The van der Waals surface area contributed by atoms with Crippen LogP contribution in [0.3, 0.4) is 0 Å². The van der Waals surface area contributed by atoms with Crippen LogP contribution < -0.4 is 16.0 Å². The van der Waals surface area contributed by atoms with Crippen LogP contribution in [0, 0.1) is 0 Å². The van der Waals surface area contributed by atoms with Crippen LogP contribution >= 0.6 is 0 Å². The molecule has 0 bridgehead atoms. The molecule has 0 aromatic carbocycles. The molecule has 146 valence electrons. The molecule has 0 aromatic heterocycles. The topological polar surface area (TPSA) is 134 Å². The first kappa shape index (κ1) is 21.4. The van der Waals surface area contributed by atoms with Crippen molar-refractivity contribution in [2.75, 3.05) is 19.7 Å². The molecule has 26 heavy (non-hydrogen) atoms. The third-order valence-corrected chi connectivity index (χ3v) is 4.00. The molecule has 1 rings (SSSR count). The number of urea groups is 1. The van der Waals surface area contributed by atoms with Gasteiger partial charge in [-0.3, -0.25) is 24.1 Å². The zero-order chi connectivity index (χ0) is 19.9. The largest absolute Gasteiger partial charge is 0.454 e. The van der Waals surface area contributed by atoms with Gasteiger partial charge in [-0.2, -0.15) is 0 Å². The second-order valence-electron chi connectivity index (χ2n) is 6.27. The average molecular weight is 370 g/mol. The van der Waals surface area contributed by atoms with E-state index in [1.54, 1.807) is 27.7 Å². The maximum atomic E-state index is 12.4. The molecule has 0 spiro atoms. The lowest BCUT2D eigenvalue weighted by Crippen LogP contribution is -2.46. The summed E-state index contributed by atoms with van der Waals surface area (Å²) in [6.45, 7) is 5.67. The molecule has 1 saturated heterocycles. The summed E-state index contributed by atoms with van der Waals surface area (Å²) in [5, 5.41) is 7.48. The molecule has 1 aliphatic heterocycles. The van der Waals surface area contributed by atoms with Gasteiger partial charge >= 0.3 is 12.0 Å². The van der Waals surface area contributed by atoms with E-state index in [4.69, 9.17) is 4.74 Å². The number of imide groups is 1. The zero-order valence-electron chi connectivity index (χ0n) is 15.5. The van der Waals surface area contributed by atoms with E-state index >= 15 is 0 Å². The van der Waals surface area contributed by atoms with Crippen LogP contribution in [0.4, 0.5) is 4.79 Å². The fraction of sp³-hybridized carbons (Fsp3) is 0.688. The third-order valence-electron chi connectivity index (χ3n) is 4.00. The molecular weight excluding hydrogens is 344 g/mol. The van der Waals surface area contributed by atoms with Crippen molar-refractivity contribution in [1.29, 1.82) is 0 Å². The number of nitrogens with zero attached hydrogens (tertiary/aromatic N) is 1. The Labute approximate surface area is 152 Å². The molecule has 0 atom stereocenters.